The predicted octanol–water partition coefficient (Wildman–Crippen LogP) is 0.175. The van der Waals surface area contributed by atoms with Crippen LogP contribution in [0.15, 0.2) is 0 Å². The molecule has 0 unspecified atom stereocenters. The molecule has 84 valence electrons. The first-order valence-corrected chi connectivity index (χ1v) is 4.89. The van der Waals surface area contributed by atoms with Crippen LogP contribution >= 0.6 is 12.4 Å². The highest BCUT2D eigenvalue weighted by Gasteiger charge is 2.28. The van der Waals surface area contributed by atoms with Gasteiger partial charge >= 0.3 is 0 Å². The lowest BCUT2D eigenvalue weighted by Gasteiger charge is -2.17. The highest BCUT2D eigenvalue weighted by Crippen LogP contribution is 2.18. The van der Waals surface area contributed by atoms with E-state index in [1.165, 1.54) is 0 Å². The third-order valence-electron chi connectivity index (χ3n) is 2.22. The number of nitrogens with one attached hydrogen (secondary N) is 1. The molecule has 0 aromatic carbocycles. The van der Waals surface area contributed by atoms with Gasteiger partial charge in [0.2, 0.25) is 0 Å². The molecule has 0 bridgehead atoms. The zero-order valence-electron chi connectivity index (χ0n) is 8.40. The van der Waals surface area contributed by atoms with Crippen LogP contribution in [0.1, 0.15) is 32.6 Å². The summed E-state index contributed by atoms with van der Waals surface area (Å²) in [6, 6.07) is -0.139. The maximum absolute atomic E-state index is 11.3. The van der Waals surface area contributed by atoms with Crippen molar-refractivity contribution in [3.8, 4) is 0 Å². The van der Waals surface area contributed by atoms with Gasteiger partial charge < -0.3 is 16.2 Å². The van der Waals surface area contributed by atoms with Gasteiger partial charge in [-0.2, -0.15) is 0 Å². The summed E-state index contributed by atoms with van der Waals surface area (Å²) in [5.41, 5.74) is 5.61. The lowest BCUT2D eigenvalue weighted by molar-refractivity contribution is -0.130. The summed E-state index contributed by atoms with van der Waals surface area (Å²) in [6.07, 6.45) is 2.58. The predicted molar refractivity (Wildman–Crippen MR) is 57.3 cm³/mol. The molecule has 2 atom stereocenters. The number of amides is 1. The molecule has 14 heavy (non-hydrogen) atoms. The van der Waals surface area contributed by atoms with Gasteiger partial charge in [-0.1, -0.05) is 13.3 Å². The summed E-state index contributed by atoms with van der Waals surface area (Å²) >= 11 is 0. The monoisotopic (exact) mass is 222 g/mol. The van der Waals surface area contributed by atoms with E-state index < -0.39 is 12.1 Å². The fraction of sp³-hybridized carbons (Fsp3) is 0.889. The third kappa shape index (κ3) is 4.26. The molecule has 4 N–H and O–H groups in total. The molecule has 0 aromatic heterocycles. The molecular weight excluding hydrogens is 204 g/mol. The second-order valence-electron chi connectivity index (χ2n) is 3.68. The number of hydrogen-bond acceptors (Lipinski definition) is 3. The number of rotatable bonds is 5. The lowest BCUT2D eigenvalue weighted by Crippen LogP contribution is -2.46. The summed E-state index contributed by atoms with van der Waals surface area (Å²) in [6.45, 7) is 1.98. The average Bonchev–Trinajstić information content (AvgIpc) is 2.87. The Balaban J connectivity index is 0.00000169. The number of carbonyl (C=O) groups is 1. The molecule has 1 saturated carbocycles. The molecular formula is C9H19ClN2O2. The number of aliphatic hydroxyl groups excluding tert-OH is 1. The van der Waals surface area contributed by atoms with E-state index in [9.17, 15) is 9.90 Å². The van der Waals surface area contributed by atoms with E-state index in [1.807, 2.05) is 6.92 Å². The van der Waals surface area contributed by atoms with Crippen LogP contribution in [0.5, 0.6) is 0 Å². The number of hydrogen-bond donors (Lipinski definition) is 3. The first-order valence-electron chi connectivity index (χ1n) is 4.89. The maximum Gasteiger partial charge on any atom is 0.250 e. The molecule has 0 heterocycles. The van der Waals surface area contributed by atoms with E-state index in [4.69, 9.17) is 5.73 Å². The number of carbonyl (C=O) groups excluding carboxylic acids is 1. The van der Waals surface area contributed by atoms with E-state index >= 15 is 0 Å². The molecule has 0 aromatic rings. The van der Waals surface area contributed by atoms with Crippen molar-refractivity contribution in [1.82, 2.24) is 5.32 Å². The van der Waals surface area contributed by atoms with Crippen molar-refractivity contribution in [3.63, 3.8) is 0 Å². The van der Waals surface area contributed by atoms with Gasteiger partial charge in [0.05, 0.1) is 0 Å². The molecule has 0 saturated heterocycles. The number of aliphatic hydroxyl groups is 1. The largest absolute Gasteiger partial charge is 0.382 e. The molecule has 1 amide bonds. The van der Waals surface area contributed by atoms with Crippen molar-refractivity contribution < 1.29 is 9.90 Å². The van der Waals surface area contributed by atoms with Crippen LogP contribution < -0.4 is 11.1 Å². The molecule has 1 aliphatic carbocycles. The van der Waals surface area contributed by atoms with Crippen molar-refractivity contribution in [2.24, 2.45) is 5.73 Å². The Morgan fingerprint density at radius 2 is 2.21 bits per heavy atom. The summed E-state index contributed by atoms with van der Waals surface area (Å²) in [5.74, 6) is -0.316. The fourth-order valence-electron chi connectivity index (χ4n) is 1.20. The Morgan fingerprint density at radius 3 is 2.64 bits per heavy atom. The minimum atomic E-state index is -1.04. The standard InChI is InChI=1S/C9H18N2O2.ClH/c1-2-3-7(10)8(12)9(13)11-6-4-5-6;/h6-8,12H,2-5,10H2,1H3,(H,11,13);1H/t7-,8-;/m1./s1. The maximum atomic E-state index is 11.3. The van der Waals surface area contributed by atoms with Crippen LogP contribution in [0.25, 0.3) is 0 Å². The lowest BCUT2D eigenvalue weighted by atomic mass is 10.1. The van der Waals surface area contributed by atoms with E-state index in [0.29, 0.717) is 6.42 Å². The van der Waals surface area contributed by atoms with Crippen LogP contribution in [0.4, 0.5) is 0 Å². The van der Waals surface area contributed by atoms with Crippen molar-refractivity contribution in [3.05, 3.63) is 0 Å². The fourth-order valence-corrected chi connectivity index (χ4v) is 1.20. The van der Waals surface area contributed by atoms with Gasteiger partial charge in [-0.3, -0.25) is 4.79 Å². The highest BCUT2D eigenvalue weighted by atomic mass is 35.5. The van der Waals surface area contributed by atoms with Crippen molar-refractivity contribution in [2.75, 3.05) is 0 Å². The van der Waals surface area contributed by atoms with Crippen LogP contribution in [0.3, 0.4) is 0 Å². The number of nitrogens with two attached hydrogens (primary N) is 1. The molecule has 0 spiro atoms. The van der Waals surface area contributed by atoms with Gasteiger partial charge in [0.15, 0.2) is 0 Å². The van der Waals surface area contributed by atoms with Crippen LogP contribution in [0, 0.1) is 0 Å². The van der Waals surface area contributed by atoms with Crippen LogP contribution in [-0.2, 0) is 4.79 Å². The molecule has 0 radical (unpaired) electrons. The van der Waals surface area contributed by atoms with E-state index in [-0.39, 0.29) is 24.4 Å². The molecule has 0 aliphatic heterocycles. The Morgan fingerprint density at radius 1 is 1.64 bits per heavy atom. The first kappa shape index (κ1) is 13.7. The van der Waals surface area contributed by atoms with Gasteiger partial charge in [0.25, 0.3) is 5.91 Å². The van der Waals surface area contributed by atoms with Crippen LogP contribution in [0.2, 0.25) is 0 Å². The zero-order chi connectivity index (χ0) is 9.84. The summed E-state index contributed by atoms with van der Waals surface area (Å²) in [5, 5.41) is 12.2. The van der Waals surface area contributed by atoms with Gasteiger partial charge in [0.1, 0.15) is 6.10 Å². The normalized spacial score (nSPS) is 19.4. The second kappa shape index (κ2) is 6.22. The number of halogens is 1. The van der Waals surface area contributed by atoms with E-state index in [2.05, 4.69) is 5.32 Å². The van der Waals surface area contributed by atoms with Crippen molar-refractivity contribution in [1.29, 1.82) is 0 Å². The Bertz CT molecular complexity index is 186. The molecule has 1 aliphatic rings. The van der Waals surface area contributed by atoms with Gasteiger partial charge in [0, 0.05) is 12.1 Å². The second-order valence-corrected chi connectivity index (χ2v) is 3.68. The van der Waals surface area contributed by atoms with Crippen LogP contribution in [-0.4, -0.2) is 29.2 Å². The van der Waals surface area contributed by atoms with Gasteiger partial charge in [-0.15, -0.1) is 12.4 Å². The molecule has 4 nitrogen and oxygen atoms in total. The summed E-state index contributed by atoms with van der Waals surface area (Å²) < 4.78 is 0. The Hall–Kier alpha value is -0.320. The van der Waals surface area contributed by atoms with Gasteiger partial charge in [-0.25, -0.2) is 0 Å². The minimum absolute atomic E-state index is 0. The quantitative estimate of drug-likeness (QED) is 0.621. The summed E-state index contributed by atoms with van der Waals surface area (Å²) in [7, 11) is 0. The molecule has 1 rings (SSSR count). The minimum Gasteiger partial charge on any atom is -0.382 e. The van der Waals surface area contributed by atoms with Gasteiger partial charge in [-0.05, 0) is 19.3 Å². The Labute approximate surface area is 90.7 Å². The smallest absolute Gasteiger partial charge is 0.250 e. The van der Waals surface area contributed by atoms with Crippen molar-refractivity contribution in [2.45, 2.75) is 50.8 Å². The van der Waals surface area contributed by atoms with E-state index in [0.717, 1.165) is 19.3 Å². The van der Waals surface area contributed by atoms with E-state index in [1.54, 1.807) is 0 Å². The highest BCUT2D eigenvalue weighted by molar-refractivity contribution is 5.85. The molecule has 1 fully saturated rings. The van der Waals surface area contributed by atoms with Crippen molar-refractivity contribution >= 4 is 18.3 Å². The molecule has 5 heteroatoms. The Kier molecular flexibility index (Phi) is 6.08. The zero-order valence-corrected chi connectivity index (χ0v) is 9.22. The third-order valence-corrected chi connectivity index (χ3v) is 2.22. The SMILES string of the molecule is CCC[C@@H](N)[C@@H](O)C(=O)NC1CC1.Cl. The first-order chi connectivity index (χ1) is 6.15. The summed E-state index contributed by atoms with van der Waals surface area (Å²) in [4.78, 5) is 11.3. The average molecular weight is 223 g/mol. The topological polar surface area (TPSA) is 75.3 Å².